The second kappa shape index (κ2) is 6.97. The van der Waals surface area contributed by atoms with E-state index in [9.17, 15) is 0 Å². The van der Waals surface area contributed by atoms with E-state index in [4.69, 9.17) is 10.1 Å². The number of pyridine rings is 1. The highest BCUT2D eigenvalue weighted by atomic mass is 15.3. The first-order valence-electron chi connectivity index (χ1n) is 11.3. The van der Waals surface area contributed by atoms with Crippen LogP contribution in [0.1, 0.15) is 37.3 Å². The van der Waals surface area contributed by atoms with Crippen LogP contribution in [0.2, 0.25) is 0 Å². The van der Waals surface area contributed by atoms with E-state index in [1.807, 2.05) is 43.0 Å². The number of hydrogen-bond donors (Lipinski definition) is 2. The number of H-pyrrole nitrogens is 1. The van der Waals surface area contributed by atoms with Gasteiger partial charge in [0.05, 0.1) is 17.3 Å². The Hall–Kier alpha value is -3.58. The molecule has 1 aromatic carbocycles. The summed E-state index contributed by atoms with van der Waals surface area (Å²) in [4.78, 5) is 9.05. The number of nitrogens with zero attached hydrogens (tertiary/aromatic N) is 5. The predicted octanol–water partition coefficient (Wildman–Crippen LogP) is 4.33. The second-order valence-electron chi connectivity index (χ2n) is 9.01. The lowest BCUT2D eigenvalue weighted by atomic mass is 9.89. The molecular formula is C25H23N7. The van der Waals surface area contributed by atoms with Crippen LogP contribution in [0, 0.1) is 0 Å². The molecule has 2 unspecified atom stereocenters. The highest BCUT2D eigenvalue weighted by molar-refractivity contribution is 6.02. The fourth-order valence-corrected chi connectivity index (χ4v) is 5.72. The topological polar surface area (TPSA) is 83.8 Å². The van der Waals surface area contributed by atoms with Gasteiger partial charge in [-0.2, -0.15) is 10.2 Å². The van der Waals surface area contributed by atoms with E-state index in [0.717, 1.165) is 51.8 Å². The Balaban J connectivity index is 1.50. The number of aromatic amines is 1. The van der Waals surface area contributed by atoms with Gasteiger partial charge in [-0.05, 0) is 55.5 Å². The summed E-state index contributed by atoms with van der Waals surface area (Å²) < 4.78 is 2.10. The first kappa shape index (κ1) is 18.0. The van der Waals surface area contributed by atoms with Crippen molar-refractivity contribution < 1.29 is 0 Å². The largest absolute Gasteiger partial charge is 0.311 e. The third-order valence-electron chi connectivity index (χ3n) is 7.15. The van der Waals surface area contributed by atoms with E-state index in [-0.39, 0.29) is 0 Å². The Labute approximate surface area is 184 Å². The summed E-state index contributed by atoms with van der Waals surface area (Å²) >= 11 is 0. The fourth-order valence-electron chi connectivity index (χ4n) is 5.72. The number of nitrogens with one attached hydrogen (secondary N) is 2. The Morgan fingerprint density at radius 2 is 1.78 bits per heavy atom. The summed E-state index contributed by atoms with van der Waals surface area (Å²) in [5.74, 6) is 0.488. The average Bonchev–Trinajstić information content (AvgIpc) is 3.55. The van der Waals surface area contributed by atoms with E-state index in [1.165, 1.54) is 18.5 Å². The molecule has 7 heteroatoms. The maximum atomic E-state index is 5.17. The maximum absolute atomic E-state index is 5.17. The van der Waals surface area contributed by atoms with E-state index < -0.39 is 0 Å². The first-order chi connectivity index (χ1) is 15.8. The van der Waals surface area contributed by atoms with Crippen LogP contribution in [0.5, 0.6) is 0 Å². The first-order valence-corrected chi connectivity index (χ1v) is 11.3. The Kier molecular flexibility index (Phi) is 3.93. The standard InChI is InChI=1S/C25H23N7/c1-2-19(20-14-28-30-21(20)3-1)23-24(15-6-9-26-10-7-15)31-32-22(8-11-27-25(23)32)16-12-17-4-5-18(13-16)29-17/h1-3,6-11,14,16-18,29H,4-5,12-13H2,(H,28,30). The number of benzene rings is 1. The molecule has 2 aliphatic rings. The SMILES string of the molecule is c1cc(-c2c(-c3ccncc3)nn3c(C4CC5CCC(C4)N5)ccnc23)c2cn[nH]c2c1. The summed E-state index contributed by atoms with van der Waals surface area (Å²) in [5, 5.41) is 17.4. The van der Waals surface area contributed by atoms with E-state index >= 15 is 0 Å². The van der Waals surface area contributed by atoms with Crippen LogP contribution in [-0.4, -0.2) is 41.9 Å². The minimum atomic E-state index is 0.488. The van der Waals surface area contributed by atoms with Gasteiger partial charge in [0.25, 0.3) is 0 Å². The molecule has 0 saturated carbocycles. The van der Waals surface area contributed by atoms with Crippen LogP contribution >= 0.6 is 0 Å². The van der Waals surface area contributed by atoms with Crippen molar-refractivity contribution in [2.24, 2.45) is 0 Å². The molecule has 6 heterocycles. The Bertz CT molecular complexity index is 1420. The molecule has 0 spiro atoms. The van der Waals surface area contributed by atoms with Gasteiger partial charge in [0.2, 0.25) is 0 Å². The molecule has 0 radical (unpaired) electrons. The van der Waals surface area contributed by atoms with Crippen LogP contribution in [-0.2, 0) is 0 Å². The molecule has 4 aromatic heterocycles. The summed E-state index contributed by atoms with van der Waals surface area (Å²) in [6.07, 6.45) is 12.4. The van der Waals surface area contributed by atoms with Gasteiger partial charge in [-0.1, -0.05) is 12.1 Å². The third kappa shape index (κ3) is 2.71. The molecule has 158 valence electrons. The molecule has 2 aliphatic heterocycles. The van der Waals surface area contributed by atoms with Crippen molar-refractivity contribution in [2.75, 3.05) is 0 Å². The molecule has 2 fully saturated rings. The molecule has 2 bridgehead atoms. The molecule has 2 saturated heterocycles. The number of aromatic nitrogens is 6. The van der Waals surface area contributed by atoms with Crippen molar-refractivity contribution in [3.8, 4) is 22.4 Å². The normalized spacial score (nSPS) is 22.7. The van der Waals surface area contributed by atoms with Crippen molar-refractivity contribution in [3.05, 3.63) is 66.9 Å². The van der Waals surface area contributed by atoms with Gasteiger partial charge in [-0.3, -0.25) is 10.1 Å². The van der Waals surface area contributed by atoms with Crippen molar-refractivity contribution in [2.45, 2.75) is 43.7 Å². The zero-order valence-electron chi connectivity index (χ0n) is 17.6. The molecule has 32 heavy (non-hydrogen) atoms. The minimum Gasteiger partial charge on any atom is -0.311 e. The third-order valence-corrected chi connectivity index (χ3v) is 7.15. The molecule has 0 amide bonds. The van der Waals surface area contributed by atoms with Crippen LogP contribution in [0.3, 0.4) is 0 Å². The van der Waals surface area contributed by atoms with Crippen molar-refractivity contribution in [1.82, 2.24) is 35.1 Å². The summed E-state index contributed by atoms with van der Waals surface area (Å²) in [6.45, 7) is 0. The van der Waals surface area contributed by atoms with Gasteiger partial charge >= 0.3 is 0 Å². The van der Waals surface area contributed by atoms with Gasteiger partial charge in [-0.15, -0.1) is 0 Å². The minimum absolute atomic E-state index is 0.488. The summed E-state index contributed by atoms with van der Waals surface area (Å²) in [7, 11) is 0. The lowest BCUT2D eigenvalue weighted by Gasteiger charge is -2.29. The molecule has 7 rings (SSSR count). The lowest BCUT2D eigenvalue weighted by molar-refractivity contribution is 0.355. The zero-order valence-corrected chi connectivity index (χ0v) is 17.6. The highest BCUT2D eigenvalue weighted by Gasteiger charge is 2.35. The molecular weight excluding hydrogens is 398 g/mol. The number of piperidine rings is 1. The quantitative estimate of drug-likeness (QED) is 0.453. The molecule has 2 atom stereocenters. The average molecular weight is 422 g/mol. The molecule has 2 N–H and O–H groups in total. The van der Waals surface area contributed by atoms with E-state index in [1.54, 1.807) is 0 Å². The zero-order chi connectivity index (χ0) is 21.1. The van der Waals surface area contributed by atoms with Gasteiger partial charge < -0.3 is 5.32 Å². The number of hydrogen-bond acceptors (Lipinski definition) is 5. The second-order valence-corrected chi connectivity index (χ2v) is 9.01. The van der Waals surface area contributed by atoms with E-state index in [0.29, 0.717) is 18.0 Å². The van der Waals surface area contributed by atoms with Crippen molar-refractivity contribution >= 4 is 16.6 Å². The summed E-state index contributed by atoms with van der Waals surface area (Å²) in [5.41, 5.74) is 7.27. The van der Waals surface area contributed by atoms with Crippen LogP contribution in [0.25, 0.3) is 38.9 Å². The van der Waals surface area contributed by atoms with E-state index in [2.05, 4.69) is 43.2 Å². The maximum Gasteiger partial charge on any atom is 0.163 e. The number of rotatable bonds is 3. The van der Waals surface area contributed by atoms with Crippen molar-refractivity contribution in [3.63, 3.8) is 0 Å². The van der Waals surface area contributed by atoms with Gasteiger partial charge in [0.1, 0.15) is 5.69 Å². The Morgan fingerprint density at radius 3 is 2.62 bits per heavy atom. The highest BCUT2D eigenvalue weighted by Crippen LogP contribution is 2.41. The lowest BCUT2D eigenvalue weighted by Crippen LogP contribution is -2.37. The fraction of sp³-hybridized carbons (Fsp3) is 0.280. The monoisotopic (exact) mass is 421 g/mol. The van der Waals surface area contributed by atoms with Crippen LogP contribution in [0.4, 0.5) is 0 Å². The van der Waals surface area contributed by atoms with Crippen LogP contribution < -0.4 is 5.32 Å². The van der Waals surface area contributed by atoms with Crippen molar-refractivity contribution in [1.29, 1.82) is 0 Å². The Morgan fingerprint density at radius 1 is 0.938 bits per heavy atom. The van der Waals surface area contributed by atoms with Gasteiger partial charge in [0, 0.05) is 53.2 Å². The molecule has 0 aliphatic carbocycles. The summed E-state index contributed by atoms with van der Waals surface area (Å²) in [6, 6.07) is 13.7. The van der Waals surface area contributed by atoms with Gasteiger partial charge in [0.15, 0.2) is 5.65 Å². The van der Waals surface area contributed by atoms with Gasteiger partial charge in [-0.25, -0.2) is 9.50 Å². The number of fused-ring (bicyclic) bond motifs is 4. The van der Waals surface area contributed by atoms with Crippen LogP contribution in [0.15, 0.2) is 61.2 Å². The predicted molar refractivity (Wildman–Crippen MR) is 123 cm³/mol. The molecule has 5 aromatic rings. The smallest absolute Gasteiger partial charge is 0.163 e. The molecule has 7 nitrogen and oxygen atoms in total.